The van der Waals surface area contributed by atoms with E-state index < -0.39 is 0 Å². The largest absolute Gasteiger partial charge is 0.494 e. The quantitative estimate of drug-likeness (QED) is 0.875. The predicted molar refractivity (Wildman–Crippen MR) is 73.2 cm³/mol. The number of amides is 1. The molecule has 0 spiro atoms. The van der Waals surface area contributed by atoms with Crippen molar-refractivity contribution >= 4 is 17.3 Å². The summed E-state index contributed by atoms with van der Waals surface area (Å²) in [5, 5.41) is 6.70. The SMILES string of the molecule is CCOc1cccc(NC(=O)c2c(N)cnn2C)c1. The third-order valence-electron chi connectivity index (χ3n) is 2.59. The third-order valence-corrected chi connectivity index (χ3v) is 2.59. The Kier molecular flexibility index (Phi) is 3.70. The minimum atomic E-state index is -0.300. The van der Waals surface area contributed by atoms with E-state index in [4.69, 9.17) is 10.5 Å². The number of carbonyl (C=O) groups excluding carboxylic acids is 1. The summed E-state index contributed by atoms with van der Waals surface area (Å²) in [6.45, 7) is 2.48. The van der Waals surface area contributed by atoms with Gasteiger partial charge in [-0.1, -0.05) is 6.07 Å². The number of aromatic nitrogens is 2. The van der Waals surface area contributed by atoms with Gasteiger partial charge in [0.15, 0.2) is 0 Å². The molecule has 2 rings (SSSR count). The van der Waals surface area contributed by atoms with Crippen LogP contribution >= 0.6 is 0 Å². The smallest absolute Gasteiger partial charge is 0.276 e. The summed E-state index contributed by atoms with van der Waals surface area (Å²) in [5.74, 6) is 0.407. The Morgan fingerprint density at radius 3 is 2.95 bits per heavy atom. The lowest BCUT2D eigenvalue weighted by Gasteiger charge is -2.08. The first-order chi connectivity index (χ1) is 9.11. The molecule has 1 aromatic heterocycles. The van der Waals surface area contributed by atoms with Crippen molar-refractivity contribution in [3.8, 4) is 5.75 Å². The van der Waals surface area contributed by atoms with Crippen LogP contribution in [0.5, 0.6) is 5.75 Å². The van der Waals surface area contributed by atoms with Crippen molar-refractivity contribution in [2.75, 3.05) is 17.7 Å². The number of ether oxygens (including phenoxy) is 1. The van der Waals surface area contributed by atoms with Crippen LogP contribution in [-0.2, 0) is 7.05 Å². The molecule has 6 heteroatoms. The molecular weight excluding hydrogens is 244 g/mol. The second kappa shape index (κ2) is 5.43. The number of rotatable bonds is 4. The maximum Gasteiger partial charge on any atom is 0.276 e. The van der Waals surface area contributed by atoms with Gasteiger partial charge in [0.05, 0.1) is 18.5 Å². The van der Waals surface area contributed by atoms with Crippen LogP contribution < -0.4 is 15.8 Å². The molecule has 0 unspecified atom stereocenters. The van der Waals surface area contributed by atoms with Crippen LogP contribution in [0.1, 0.15) is 17.4 Å². The van der Waals surface area contributed by atoms with Gasteiger partial charge in [0.2, 0.25) is 0 Å². The number of benzene rings is 1. The van der Waals surface area contributed by atoms with E-state index in [1.807, 2.05) is 19.1 Å². The molecule has 1 heterocycles. The highest BCUT2D eigenvalue weighted by Crippen LogP contribution is 2.19. The molecule has 3 N–H and O–H groups in total. The summed E-state index contributed by atoms with van der Waals surface area (Å²) in [6, 6.07) is 7.19. The van der Waals surface area contributed by atoms with Gasteiger partial charge in [0.1, 0.15) is 11.4 Å². The average Bonchev–Trinajstić information content (AvgIpc) is 2.70. The van der Waals surface area contributed by atoms with Gasteiger partial charge < -0.3 is 15.8 Å². The summed E-state index contributed by atoms with van der Waals surface area (Å²) < 4.78 is 6.81. The fourth-order valence-electron chi connectivity index (χ4n) is 1.75. The van der Waals surface area contributed by atoms with E-state index in [9.17, 15) is 4.79 Å². The Bertz CT molecular complexity index is 573. The Labute approximate surface area is 111 Å². The molecule has 0 saturated carbocycles. The lowest BCUT2D eigenvalue weighted by atomic mass is 10.2. The lowest BCUT2D eigenvalue weighted by molar-refractivity contribution is 0.101. The molecule has 0 radical (unpaired) electrons. The molecule has 0 aliphatic rings. The van der Waals surface area contributed by atoms with E-state index in [0.29, 0.717) is 29.4 Å². The summed E-state index contributed by atoms with van der Waals surface area (Å²) in [4.78, 5) is 12.1. The molecule has 0 aliphatic carbocycles. The molecule has 0 aliphatic heterocycles. The zero-order valence-corrected chi connectivity index (χ0v) is 10.9. The molecule has 19 heavy (non-hydrogen) atoms. The van der Waals surface area contributed by atoms with E-state index >= 15 is 0 Å². The number of nitrogens with zero attached hydrogens (tertiary/aromatic N) is 2. The zero-order valence-electron chi connectivity index (χ0n) is 10.9. The minimum absolute atomic E-state index is 0.300. The molecule has 0 bridgehead atoms. The number of carbonyl (C=O) groups is 1. The van der Waals surface area contributed by atoms with Crippen LogP contribution in [-0.4, -0.2) is 22.3 Å². The van der Waals surface area contributed by atoms with E-state index in [1.54, 1.807) is 19.2 Å². The average molecular weight is 260 g/mol. The van der Waals surface area contributed by atoms with E-state index in [1.165, 1.54) is 10.9 Å². The Morgan fingerprint density at radius 2 is 2.32 bits per heavy atom. The van der Waals surface area contributed by atoms with Gasteiger partial charge in [0, 0.05) is 18.8 Å². The first-order valence-electron chi connectivity index (χ1n) is 5.93. The standard InChI is InChI=1S/C13H16N4O2/c1-3-19-10-6-4-5-9(7-10)16-13(18)12-11(14)8-15-17(12)2/h4-8H,3,14H2,1-2H3,(H,16,18). The molecule has 1 aromatic carbocycles. The van der Waals surface area contributed by atoms with Crippen LogP contribution in [0.4, 0.5) is 11.4 Å². The van der Waals surface area contributed by atoms with Crippen molar-refractivity contribution in [1.29, 1.82) is 0 Å². The number of anilines is 2. The van der Waals surface area contributed by atoms with E-state index in [-0.39, 0.29) is 5.91 Å². The van der Waals surface area contributed by atoms with Gasteiger partial charge in [-0.2, -0.15) is 5.10 Å². The third kappa shape index (κ3) is 2.85. The van der Waals surface area contributed by atoms with E-state index in [0.717, 1.165) is 0 Å². The van der Waals surface area contributed by atoms with Gasteiger partial charge in [-0.25, -0.2) is 0 Å². The minimum Gasteiger partial charge on any atom is -0.494 e. The number of hydrogen-bond acceptors (Lipinski definition) is 4. The molecule has 1 amide bonds. The number of hydrogen-bond donors (Lipinski definition) is 2. The summed E-state index contributed by atoms with van der Waals surface area (Å²) in [5.41, 5.74) is 7.04. The first-order valence-corrected chi connectivity index (χ1v) is 5.93. The van der Waals surface area contributed by atoms with Crippen LogP contribution in [0.15, 0.2) is 30.5 Å². The molecule has 0 atom stereocenters. The fraction of sp³-hybridized carbons (Fsp3) is 0.231. The van der Waals surface area contributed by atoms with Crippen molar-refractivity contribution in [3.05, 3.63) is 36.2 Å². The number of nitrogens with two attached hydrogens (primary N) is 1. The van der Waals surface area contributed by atoms with Gasteiger partial charge in [-0.3, -0.25) is 9.48 Å². The topological polar surface area (TPSA) is 82.2 Å². The van der Waals surface area contributed by atoms with Gasteiger partial charge in [0.25, 0.3) is 5.91 Å². The van der Waals surface area contributed by atoms with Crippen LogP contribution in [0.2, 0.25) is 0 Å². The van der Waals surface area contributed by atoms with Crippen molar-refractivity contribution in [1.82, 2.24) is 9.78 Å². The molecule has 100 valence electrons. The van der Waals surface area contributed by atoms with Gasteiger partial charge in [-0.05, 0) is 19.1 Å². The molecule has 0 fully saturated rings. The van der Waals surface area contributed by atoms with E-state index in [2.05, 4.69) is 10.4 Å². The molecular formula is C13H16N4O2. The van der Waals surface area contributed by atoms with Gasteiger partial charge in [-0.15, -0.1) is 0 Å². The molecule has 0 saturated heterocycles. The van der Waals surface area contributed by atoms with Crippen LogP contribution in [0.3, 0.4) is 0 Å². The lowest BCUT2D eigenvalue weighted by Crippen LogP contribution is -2.17. The fourth-order valence-corrected chi connectivity index (χ4v) is 1.75. The summed E-state index contributed by atoms with van der Waals surface area (Å²) in [6.07, 6.45) is 1.45. The maximum atomic E-state index is 12.1. The Balaban J connectivity index is 2.17. The molecule has 6 nitrogen and oxygen atoms in total. The second-order valence-corrected chi connectivity index (χ2v) is 3.99. The molecule has 2 aromatic rings. The maximum absolute atomic E-state index is 12.1. The number of aryl methyl sites for hydroxylation is 1. The number of nitrogens with one attached hydrogen (secondary N) is 1. The normalized spacial score (nSPS) is 10.2. The monoisotopic (exact) mass is 260 g/mol. The summed E-state index contributed by atoms with van der Waals surface area (Å²) in [7, 11) is 1.67. The Morgan fingerprint density at radius 1 is 1.53 bits per heavy atom. The Hall–Kier alpha value is -2.50. The zero-order chi connectivity index (χ0) is 13.8. The number of nitrogen functional groups attached to an aromatic ring is 1. The van der Waals surface area contributed by atoms with Crippen LogP contribution in [0, 0.1) is 0 Å². The van der Waals surface area contributed by atoms with Crippen LogP contribution in [0.25, 0.3) is 0 Å². The highest BCUT2D eigenvalue weighted by Gasteiger charge is 2.15. The van der Waals surface area contributed by atoms with Crippen molar-refractivity contribution in [3.63, 3.8) is 0 Å². The predicted octanol–water partition coefficient (Wildman–Crippen LogP) is 1.65. The summed E-state index contributed by atoms with van der Waals surface area (Å²) >= 11 is 0. The highest BCUT2D eigenvalue weighted by atomic mass is 16.5. The first kappa shape index (κ1) is 12.9. The van der Waals surface area contributed by atoms with Gasteiger partial charge >= 0.3 is 0 Å². The highest BCUT2D eigenvalue weighted by molar-refractivity contribution is 6.06. The van der Waals surface area contributed by atoms with Crippen molar-refractivity contribution < 1.29 is 9.53 Å². The van der Waals surface area contributed by atoms with Crippen molar-refractivity contribution in [2.45, 2.75) is 6.92 Å². The second-order valence-electron chi connectivity index (χ2n) is 3.99. The van der Waals surface area contributed by atoms with Crippen molar-refractivity contribution in [2.24, 2.45) is 7.05 Å².